The van der Waals surface area contributed by atoms with Crippen molar-refractivity contribution in [3.05, 3.63) is 0 Å². The van der Waals surface area contributed by atoms with Gasteiger partial charge in [-0.1, -0.05) is 0 Å². The zero-order chi connectivity index (χ0) is 8.85. The van der Waals surface area contributed by atoms with Crippen LogP contribution in [0.25, 0.3) is 0 Å². The molecule has 0 fully saturated rings. The second-order valence-corrected chi connectivity index (χ2v) is 2.10. The van der Waals surface area contributed by atoms with E-state index in [0.29, 0.717) is 0 Å². The summed E-state index contributed by atoms with van der Waals surface area (Å²) in [6.45, 7) is 0.345. The van der Waals surface area contributed by atoms with E-state index in [1.54, 1.807) is 0 Å². The second kappa shape index (κ2) is 7.97. The summed E-state index contributed by atoms with van der Waals surface area (Å²) in [5, 5.41) is 25.5. The Bertz CT molecular complexity index is 123. The minimum absolute atomic E-state index is 0. The quantitative estimate of drug-likeness (QED) is 0.338. The molecule has 0 bridgehead atoms. The van der Waals surface area contributed by atoms with Gasteiger partial charge in [0.05, 0.1) is 13.2 Å². The zero-order valence-corrected chi connectivity index (χ0v) is 6.23. The summed E-state index contributed by atoms with van der Waals surface area (Å²) in [5.74, 6) is -0.849. The molecule has 1 atom stereocenters. The van der Waals surface area contributed by atoms with Crippen LogP contribution in [0.3, 0.4) is 0 Å². The SMILES string of the molecule is CC(O)C(=O)OC(CO)CO.[NaH]. The second-order valence-electron chi connectivity index (χ2n) is 2.10. The van der Waals surface area contributed by atoms with Crippen molar-refractivity contribution in [3.63, 3.8) is 0 Å². The van der Waals surface area contributed by atoms with E-state index in [4.69, 9.17) is 15.3 Å². The van der Waals surface area contributed by atoms with Gasteiger partial charge < -0.3 is 20.1 Å². The van der Waals surface area contributed by atoms with Crippen molar-refractivity contribution in [2.24, 2.45) is 0 Å². The number of hydrogen-bond donors (Lipinski definition) is 3. The van der Waals surface area contributed by atoms with Crippen molar-refractivity contribution in [2.75, 3.05) is 13.2 Å². The molecule has 5 nitrogen and oxygen atoms in total. The molecule has 0 heterocycles. The van der Waals surface area contributed by atoms with Crippen molar-refractivity contribution in [1.82, 2.24) is 0 Å². The van der Waals surface area contributed by atoms with Crippen molar-refractivity contribution < 1.29 is 24.9 Å². The summed E-state index contributed by atoms with van der Waals surface area (Å²) in [6, 6.07) is 0. The summed E-state index contributed by atoms with van der Waals surface area (Å²) in [6.07, 6.45) is -2.16. The molecule has 68 valence electrons. The molecule has 3 N–H and O–H groups in total. The third kappa shape index (κ3) is 5.93. The van der Waals surface area contributed by atoms with Gasteiger partial charge in [0.15, 0.2) is 0 Å². The van der Waals surface area contributed by atoms with E-state index in [9.17, 15) is 4.79 Å². The number of aliphatic hydroxyl groups excluding tert-OH is 3. The van der Waals surface area contributed by atoms with Crippen LogP contribution in [0.2, 0.25) is 0 Å². The number of aliphatic hydroxyl groups is 3. The molecular formula is C6H13NaO5. The maximum absolute atomic E-state index is 10.6. The average molecular weight is 188 g/mol. The molecule has 0 spiro atoms. The zero-order valence-electron chi connectivity index (χ0n) is 6.23. The Morgan fingerprint density at radius 2 is 1.83 bits per heavy atom. The third-order valence-electron chi connectivity index (χ3n) is 1.03. The van der Waals surface area contributed by atoms with E-state index in [1.807, 2.05) is 0 Å². The fraction of sp³-hybridized carbons (Fsp3) is 0.833. The first-order valence-corrected chi connectivity index (χ1v) is 3.22. The fourth-order valence-corrected chi connectivity index (χ4v) is 0.395. The molecule has 0 aliphatic rings. The van der Waals surface area contributed by atoms with E-state index in [-0.39, 0.29) is 29.6 Å². The molecule has 0 aromatic carbocycles. The van der Waals surface area contributed by atoms with Gasteiger partial charge in [0.2, 0.25) is 0 Å². The standard InChI is InChI=1S/C6H12O5.Na.H/c1-4(9)6(10)11-5(2-7)3-8;;/h4-5,7-9H,2-3H2,1H3;;. The topological polar surface area (TPSA) is 87.0 Å². The molecule has 12 heavy (non-hydrogen) atoms. The molecule has 0 aliphatic heterocycles. The average Bonchev–Trinajstić information content (AvgIpc) is 1.99. The van der Waals surface area contributed by atoms with Gasteiger partial charge in [-0.05, 0) is 6.92 Å². The van der Waals surface area contributed by atoms with Gasteiger partial charge >= 0.3 is 35.5 Å². The number of carbonyl (C=O) groups is 1. The van der Waals surface area contributed by atoms with Crippen LogP contribution in [-0.2, 0) is 9.53 Å². The predicted molar refractivity (Wildman–Crippen MR) is 42.9 cm³/mol. The summed E-state index contributed by atoms with van der Waals surface area (Å²) in [4.78, 5) is 10.6. The van der Waals surface area contributed by atoms with E-state index < -0.39 is 31.4 Å². The van der Waals surface area contributed by atoms with Gasteiger partial charge in [0, 0.05) is 0 Å². The van der Waals surface area contributed by atoms with Crippen LogP contribution in [-0.4, -0.2) is 76.3 Å². The summed E-state index contributed by atoms with van der Waals surface area (Å²) >= 11 is 0. The predicted octanol–water partition coefficient (Wildman–Crippen LogP) is -2.38. The van der Waals surface area contributed by atoms with Crippen molar-refractivity contribution in [1.29, 1.82) is 0 Å². The van der Waals surface area contributed by atoms with Gasteiger partial charge in [0.1, 0.15) is 12.2 Å². The van der Waals surface area contributed by atoms with E-state index >= 15 is 0 Å². The summed E-state index contributed by atoms with van der Waals surface area (Å²) in [5.41, 5.74) is 0. The maximum atomic E-state index is 10.6. The molecule has 0 aromatic heterocycles. The van der Waals surface area contributed by atoms with E-state index in [1.165, 1.54) is 6.92 Å². The van der Waals surface area contributed by atoms with Gasteiger partial charge in [-0.3, -0.25) is 0 Å². The number of hydrogen-bond acceptors (Lipinski definition) is 5. The summed E-state index contributed by atoms with van der Waals surface area (Å²) < 4.78 is 4.42. The third-order valence-corrected chi connectivity index (χ3v) is 1.03. The van der Waals surface area contributed by atoms with Crippen LogP contribution in [0.4, 0.5) is 0 Å². The molecule has 0 saturated heterocycles. The number of esters is 1. The van der Waals surface area contributed by atoms with Gasteiger partial charge in [-0.25, -0.2) is 4.79 Å². The van der Waals surface area contributed by atoms with Crippen molar-refractivity contribution in [3.8, 4) is 0 Å². The fourth-order valence-electron chi connectivity index (χ4n) is 0.395. The number of rotatable bonds is 4. The molecule has 0 rings (SSSR count). The monoisotopic (exact) mass is 188 g/mol. The molecule has 0 aliphatic carbocycles. The van der Waals surface area contributed by atoms with Crippen molar-refractivity contribution >= 4 is 35.5 Å². The normalized spacial score (nSPS) is 12.1. The van der Waals surface area contributed by atoms with Gasteiger partial charge in [-0.2, -0.15) is 0 Å². The first-order valence-electron chi connectivity index (χ1n) is 3.22. The first kappa shape index (κ1) is 14.9. The van der Waals surface area contributed by atoms with Crippen LogP contribution >= 0.6 is 0 Å². The van der Waals surface area contributed by atoms with E-state index in [0.717, 1.165) is 0 Å². The Balaban J connectivity index is 0. The molecule has 6 heteroatoms. The Labute approximate surface area is 92.6 Å². The first-order chi connectivity index (χ1) is 5.11. The van der Waals surface area contributed by atoms with E-state index in [2.05, 4.69) is 4.74 Å². The van der Waals surface area contributed by atoms with Crippen LogP contribution in [0.5, 0.6) is 0 Å². The van der Waals surface area contributed by atoms with Crippen LogP contribution in [0, 0.1) is 0 Å². The molecule has 0 saturated carbocycles. The van der Waals surface area contributed by atoms with Gasteiger partial charge in [0.25, 0.3) is 0 Å². The van der Waals surface area contributed by atoms with Crippen LogP contribution in [0.15, 0.2) is 0 Å². The van der Waals surface area contributed by atoms with Gasteiger partial charge in [-0.15, -0.1) is 0 Å². The Morgan fingerprint density at radius 3 is 2.08 bits per heavy atom. The summed E-state index contributed by atoms with van der Waals surface area (Å²) in [7, 11) is 0. The molecule has 0 amide bonds. The van der Waals surface area contributed by atoms with Crippen LogP contribution < -0.4 is 0 Å². The Hall–Kier alpha value is 0.350. The minimum atomic E-state index is -1.23. The van der Waals surface area contributed by atoms with Crippen molar-refractivity contribution in [2.45, 2.75) is 19.1 Å². The molecule has 0 radical (unpaired) electrons. The Kier molecular flexibility index (Phi) is 9.87. The number of carbonyl (C=O) groups excluding carboxylic acids is 1. The van der Waals surface area contributed by atoms with Crippen LogP contribution in [0.1, 0.15) is 6.92 Å². The molecule has 1 unspecified atom stereocenters. The molecule has 0 aromatic rings. The molecular weight excluding hydrogens is 175 g/mol. The Morgan fingerprint density at radius 1 is 1.42 bits per heavy atom. The number of ether oxygens (including phenoxy) is 1.